The van der Waals surface area contributed by atoms with Gasteiger partial charge in [0.2, 0.25) is 0 Å². The molecule has 9 heteroatoms. The number of thiocarbonyl (C=S) groups is 1. The molecule has 0 aliphatic rings. The standard InChI is InChI=1S/C18H13N3O5S/c1-10-13(3-2-4-14(10)21(24)25)17(23)20-18(27)19-12-6-7-15-11(9-12)5-8-16(22)26-15/h2-9H,1H3,(H2,19,20,23,27). The molecule has 0 spiro atoms. The third kappa shape index (κ3) is 3.98. The molecule has 0 aliphatic heterocycles. The van der Waals surface area contributed by atoms with Crippen LogP contribution in [0.25, 0.3) is 11.0 Å². The summed E-state index contributed by atoms with van der Waals surface area (Å²) in [6.45, 7) is 1.50. The lowest BCUT2D eigenvalue weighted by atomic mass is 10.1. The van der Waals surface area contributed by atoms with Gasteiger partial charge in [0, 0.05) is 34.3 Å². The van der Waals surface area contributed by atoms with Crippen LogP contribution in [0.4, 0.5) is 11.4 Å². The summed E-state index contributed by atoms with van der Waals surface area (Å²) in [4.78, 5) is 34.0. The zero-order valence-corrected chi connectivity index (χ0v) is 14.8. The average Bonchev–Trinajstić information content (AvgIpc) is 2.61. The second-order valence-corrected chi connectivity index (χ2v) is 6.03. The number of rotatable bonds is 3. The Balaban J connectivity index is 1.75. The van der Waals surface area contributed by atoms with Crippen molar-refractivity contribution >= 4 is 45.6 Å². The van der Waals surface area contributed by atoms with Crippen LogP contribution in [-0.2, 0) is 0 Å². The van der Waals surface area contributed by atoms with Gasteiger partial charge >= 0.3 is 5.63 Å². The van der Waals surface area contributed by atoms with Gasteiger partial charge in [-0.25, -0.2) is 4.79 Å². The molecule has 1 heterocycles. The summed E-state index contributed by atoms with van der Waals surface area (Å²) in [5.74, 6) is -0.555. The first kappa shape index (κ1) is 18.2. The van der Waals surface area contributed by atoms with E-state index in [0.29, 0.717) is 16.7 Å². The number of carbonyl (C=O) groups excluding carboxylic acids is 1. The Kier molecular flexibility index (Phi) is 4.95. The van der Waals surface area contributed by atoms with E-state index in [1.807, 2.05) is 0 Å². The summed E-state index contributed by atoms with van der Waals surface area (Å²) >= 11 is 5.13. The van der Waals surface area contributed by atoms with E-state index in [4.69, 9.17) is 16.6 Å². The molecule has 1 amide bonds. The van der Waals surface area contributed by atoms with Crippen molar-refractivity contribution in [3.05, 3.63) is 80.2 Å². The van der Waals surface area contributed by atoms with Crippen LogP contribution in [0, 0.1) is 17.0 Å². The number of fused-ring (bicyclic) bond motifs is 1. The number of benzene rings is 2. The predicted octanol–water partition coefficient (Wildman–Crippen LogP) is 3.14. The van der Waals surface area contributed by atoms with E-state index in [1.165, 1.54) is 31.2 Å². The first-order chi connectivity index (χ1) is 12.8. The van der Waals surface area contributed by atoms with Crippen LogP contribution >= 0.6 is 12.2 Å². The Morgan fingerprint density at radius 1 is 1.19 bits per heavy atom. The topological polar surface area (TPSA) is 114 Å². The molecule has 2 aromatic carbocycles. The van der Waals surface area contributed by atoms with Crippen LogP contribution in [-0.4, -0.2) is 15.9 Å². The Morgan fingerprint density at radius 2 is 1.96 bits per heavy atom. The number of carbonyl (C=O) groups is 1. The van der Waals surface area contributed by atoms with Crippen molar-refractivity contribution in [1.82, 2.24) is 5.32 Å². The molecule has 0 atom stereocenters. The van der Waals surface area contributed by atoms with E-state index in [0.717, 1.165) is 0 Å². The molecule has 3 aromatic rings. The fourth-order valence-corrected chi connectivity index (χ4v) is 2.76. The fraction of sp³-hybridized carbons (Fsp3) is 0.0556. The smallest absolute Gasteiger partial charge is 0.336 e. The molecule has 3 rings (SSSR count). The van der Waals surface area contributed by atoms with Crippen LogP contribution in [0.3, 0.4) is 0 Å². The monoisotopic (exact) mass is 383 g/mol. The van der Waals surface area contributed by atoms with Gasteiger partial charge in [-0.3, -0.25) is 20.2 Å². The lowest BCUT2D eigenvalue weighted by Crippen LogP contribution is -2.34. The summed E-state index contributed by atoms with van der Waals surface area (Å²) in [5.41, 5.74) is 0.834. The first-order valence-corrected chi connectivity index (χ1v) is 8.16. The van der Waals surface area contributed by atoms with Crippen LogP contribution < -0.4 is 16.3 Å². The minimum atomic E-state index is -0.555. The Morgan fingerprint density at radius 3 is 2.70 bits per heavy atom. The molecule has 27 heavy (non-hydrogen) atoms. The van der Waals surface area contributed by atoms with Crippen LogP contribution in [0.15, 0.2) is 57.7 Å². The van der Waals surface area contributed by atoms with Gasteiger partial charge in [-0.05, 0) is 49.5 Å². The number of anilines is 1. The van der Waals surface area contributed by atoms with Gasteiger partial charge < -0.3 is 9.73 Å². The highest BCUT2D eigenvalue weighted by Crippen LogP contribution is 2.21. The van der Waals surface area contributed by atoms with E-state index in [-0.39, 0.29) is 21.9 Å². The largest absolute Gasteiger partial charge is 0.423 e. The van der Waals surface area contributed by atoms with Gasteiger partial charge in [0.05, 0.1) is 4.92 Å². The van der Waals surface area contributed by atoms with Gasteiger partial charge in [0.15, 0.2) is 5.11 Å². The first-order valence-electron chi connectivity index (χ1n) is 7.75. The molecule has 1 aromatic heterocycles. The molecule has 0 bridgehead atoms. The van der Waals surface area contributed by atoms with E-state index in [2.05, 4.69) is 10.6 Å². The van der Waals surface area contributed by atoms with Gasteiger partial charge in [-0.1, -0.05) is 6.07 Å². The minimum absolute atomic E-state index is 0.0302. The molecule has 0 radical (unpaired) electrons. The molecular formula is C18H13N3O5S. The number of nitro benzene ring substituents is 1. The van der Waals surface area contributed by atoms with Crippen LogP contribution in [0.1, 0.15) is 15.9 Å². The average molecular weight is 383 g/mol. The zero-order valence-electron chi connectivity index (χ0n) is 14.0. The normalized spacial score (nSPS) is 10.4. The van der Waals surface area contributed by atoms with Crippen LogP contribution in [0.2, 0.25) is 0 Å². The number of nitro groups is 1. The van der Waals surface area contributed by atoms with E-state index < -0.39 is 16.5 Å². The van der Waals surface area contributed by atoms with Crippen molar-refractivity contribution < 1.29 is 14.1 Å². The zero-order chi connectivity index (χ0) is 19.6. The van der Waals surface area contributed by atoms with Crippen molar-refractivity contribution in [1.29, 1.82) is 0 Å². The highest BCUT2D eigenvalue weighted by atomic mass is 32.1. The molecule has 0 unspecified atom stereocenters. The third-order valence-electron chi connectivity index (χ3n) is 3.85. The Bertz CT molecular complexity index is 1140. The highest BCUT2D eigenvalue weighted by molar-refractivity contribution is 7.80. The lowest BCUT2D eigenvalue weighted by molar-refractivity contribution is -0.385. The number of hydrogen-bond acceptors (Lipinski definition) is 6. The van der Waals surface area contributed by atoms with E-state index >= 15 is 0 Å². The Labute approximate surface area is 158 Å². The fourth-order valence-electron chi connectivity index (χ4n) is 2.55. The lowest BCUT2D eigenvalue weighted by Gasteiger charge is -2.11. The van der Waals surface area contributed by atoms with Gasteiger partial charge in [-0.15, -0.1) is 0 Å². The summed E-state index contributed by atoms with van der Waals surface area (Å²) in [6, 6.07) is 12.1. The molecule has 0 fully saturated rings. The maximum atomic E-state index is 12.4. The number of amides is 1. The molecule has 0 saturated carbocycles. The number of nitrogens with zero attached hydrogens (tertiary/aromatic N) is 1. The summed E-state index contributed by atoms with van der Waals surface area (Å²) in [6.07, 6.45) is 0. The van der Waals surface area contributed by atoms with E-state index in [9.17, 15) is 19.7 Å². The number of nitrogens with one attached hydrogen (secondary N) is 2. The summed E-state index contributed by atoms with van der Waals surface area (Å²) in [5, 5.41) is 17.1. The van der Waals surface area contributed by atoms with Gasteiger partial charge in [0.25, 0.3) is 11.6 Å². The quantitative estimate of drug-likeness (QED) is 0.309. The summed E-state index contributed by atoms with van der Waals surface area (Å²) < 4.78 is 5.05. The molecule has 8 nitrogen and oxygen atoms in total. The van der Waals surface area contributed by atoms with Crippen LogP contribution in [0.5, 0.6) is 0 Å². The second-order valence-electron chi connectivity index (χ2n) is 5.62. The highest BCUT2D eigenvalue weighted by Gasteiger charge is 2.18. The van der Waals surface area contributed by atoms with Crippen molar-refractivity contribution in [3.63, 3.8) is 0 Å². The van der Waals surface area contributed by atoms with Gasteiger partial charge in [-0.2, -0.15) is 0 Å². The minimum Gasteiger partial charge on any atom is -0.423 e. The van der Waals surface area contributed by atoms with Crippen molar-refractivity contribution in [2.24, 2.45) is 0 Å². The maximum Gasteiger partial charge on any atom is 0.336 e. The summed E-state index contributed by atoms with van der Waals surface area (Å²) in [7, 11) is 0. The maximum absolute atomic E-state index is 12.4. The molecule has 2 N–H and O–H groups in total. The van der Waals surface area contributed by atoms with Crippen molar-refractivity contribution in [2.45, 2.75) is 6.92 Å². The molecular weight excluding hydrogens is 370 g/mol. The van der Waals surface area contributed by atoms with Crippen molar-refractivity contribution in [3.8, 4) is 0 Å². The SMILES string of the molecule is Cc1c(C(=O)NC(=S)Nc2ccc3oc(=O)ccc3c2)cccc1[N+](=O)[O-]. The second kappa shape index (κ2) is 7.34. The number of hydrogen-bond donors (Lipinski definition) is 2. The molecule has 0 saturated heterocycles. The predicted molar refractivity (Wildman–Crippen MR) is 104 cm³/mol. The molecule has 136 valence electrons. The van der Waals surface area contributed by atoms with E-state index in [1.54, 1.807) is 24.3 Å². The Hall–Kier alpha value is -3.59. The van der Waals surface area contributed by atoms with Gasteiger partial charge in [0.1, 0.15) is 5.58 Å². The molecule has 0 aliphatic carbocycles. The third-order valence-corrected chi connectivity index (χ3v) is 4.05. The van der Waals surface area contributed by atoms with Crippen molar-refractivity contribution in [2.75, 3.05) is 5.32 Å².